The lowest BCUT2D eigenvalue weighted by molar-refractivity contribution is -0.116. The molecule has 0 aliphatic carbocycles. The molecule has 3 aromatic rings. The first-order valence-electron chi connectivity index (χ1n) is 10.6. The standard InChI is InChI=1S/C23H25N3O7S/c1-5-31-22(28)18-13(3)19(23(29)32-6-2)34-21(18)24-16(27)11-12-17-25-20(26-33-17)14-9-7-8-10-15(14)30-4/h7-10H,5-6,11-12H2,1-4H3,(H,24,27). The molecule has 0 saturated carbocycles. The van der Waals surface area contributed by atoms with Crippen molar-refractivity contribution in [2.45, 2.75) is 33.6 Å². The van der Waals surface area contributed by atoms with Gasteiger partial charge in [-0.15, -0.1) is 11.3 Å². The zero-order valence-corrected chi connectivity index (χ0v) is 20.1. The Balaban J connectivity index is 1.72. The van der Waals surface area contributed by atoms with Crippen LogP contribution in [0.1, 0.15) is 51.8 Å². The number of benzene rings is 1. The van der Waals surface area contributed by atoms with Crippen molar-refractivity contribution in [3.05, 3.63) is 46.2 Å². The van der Waals surface area contributed by atoms with Crippen molar-refractivity contribution in [3.63, 3.8) is 0 Å². The van der Waals surface area contributed by atoms with Crippen molar-refractivity contribution in [2.24, 2.45) is 0 Å². The quantitative estimate of drug-likeness (QED) is 0.421. The first-order chi connectivity index (χ1) is 16.4. The number of anilines is 1. The fourth-order valence-electron chi connectivity index (χ4n) is 3.15. The molecule has 0 aliphatic heterocycles. The highest BCUT2D eigenvalue weighted by Crippen LogP contribution is 2.34. The second-order valence-corrected chi connectivity index (χ2v) is 7.98. The lowest BCUT2D eigenvalue weighted by Gasteiger charge is -2.06. The normalized spacial score (nSPS) is 10.6. The van der Waals surface area contributed by atoms with E-state index in [0.717, 1.165) is 11.3 Å². The fourth-order valence-corrected chi connectivity index (χ4v) is 4.25. The van der Waals surface area contributed by atoms with E-state index in [9.17, 15) is 14.4 Å². The molecule has 2 heterocycles. The maximum absolute atomic E-state index is 12.6. The molecule has 0 atom stereocenters. The number of nitrogens with zero attached hydrogens (tertiary/aromatic N) is 2. The van der Waals surface area contributed by atoms with Crippen molar-refractivity contribution < 1.29 is 33.1 Å². The molecule has 0 fully saturated rings. The minimum Gasteiger partial charge on any atom is -0.496 e. The highest BCUT2D eigenvalue weighted by molar-refractivity contribution is 7.18. The molecule has 10 nitrogen and oxygen atoms in total. The van der Waals surface area contributed by atoms with E-state index in [1.807, 2.05) is 12.1 Å². The van der Waals surface area contributed by atoms with Crippen LogP contribution < -0.4 is 10.1 Å². The number of rotatable bonds is 10. The van der Waals surface area contributed by atoms with Crippen LogP contribution in [0.15, 0.2) is 28.8 Å². The van der Waals surface area contributed by atoms with Crippen molar-refractivity contribution in [1.29, 1.82) is 0 Å². The molecular formula is C23H25N3O7S. The van der Waals surface area contributed by atoms with Crippen LogP contribution in [0.25, 0.3) is 11.4 Å². The number of aryl methyl sites for hydroxylation is 1. The average molecular weight is 488 g/mol. The number of thiophene rings is 1. The average Bonchev–Trinajstić information content (AvgIpc) is 3.42. The van der Waals surface area contributed by atoms with E-state index < -0.39 is 11.9 Å². The predicted molar refractivity (Wildman–Crippen MR) is 124 cm³/mol. The van der Waals surface area contributed by atoms with Crippen LogP contribution >= 0.6 is 11.3 Å². The summed E-state index contributed by atoms with van der Waals surface area (Å²) in [5.74, 6) is -0.350. The van der Waals surface area contributed by atoms with E-state index in [-0.39, 0.29) is 53.3 Å². The monoisotopic (exact) mass is 487 g/mol. The lowest BCUT2D eigenvalue weighted by Crippen LogP contribution is -2.15. The molecule has 0 bridgehead atoms. The van der Waals surface area contributed by atoms with Gasteiger partial charge < -0.3 is 24.1 Å². The number of aromatic nitrogens is 2. The van der Waals surface area contributed by atoms with Gasteiger partial charge in [-0.05, 0) is 38.5 Å². The number of methoxy groups -OCH3 is 1. The molecule has 2 aromatic heterocycles. The Bertz CT molecular complexity index is 1190. The van der Waals surface area contributed by atoms with Crippen molar-refractivity contribution in [3.8, 4) is 17.1 Å². The highest BCUT2D eigenvalue weighted by atomic mass is 32.1. The second-order valence-electron chi connectivity index (χ2n) is 6.96. The third-order valence-corrected chi connectivity index (χ3v) is 5.91. The number of carbonyl (C=O) groups is 3. The molecule has 0 radical (unpaired) electrons. The van der Waals surface area contributed by atoms with Crippen molar-refractivity contribution in [2.75, 3.05) is 25.6 Å². The van der Waals surface area contributed by atoms with Crippen LogP contribution in [-0.2, 0) is 20.7 Å². The molecule has 3 rings (SSSR count). The minimum absolute atomic E-state index is 0.0154. The van der Waals surface area contributed by atoms with E-state index >= 15 is 0 Å². The van der Waals surface area contributed by atoms with E-state index in [4.69, 9.17) is 18.7 Å². The van der Waals surface area contributed by atoms with E-state index in [1.54, 1.807) is 40.0 Å². The zero-order chi connectivity index (χ0) is 24.7. The number of hydrogen-bond donors (Lipinski definition) is 1. The maximum Gasteiger partial charge on any atom is 0.348 e. The van der Waals surface area contributed by atoms with E-state index in [0.29, 0.717) is 22.7 Å². The Hall–Kier alpha value is -3.73. The molecule has 0 saturated heterocycles. The Kier molecular flexibility index (Phi) is 8.36. The van der Waals surface area contributed by atoms with Crippen LogP contribution in [0.4, 0.5) is 5.00 Å². The van der Waals surface area contributed by atoms with Gasteiger partial charge in [-0.1, -0.05) is 17.3 Å². The van der Waals surface area contributed by atoms with Gasteiger partial charge in [-0.2, -0.15) is 4.98 Å². The molecule has 34 heavy (non-hydrogen) atoms. The number of carbonyl (C=O) groups excluding carboxylic acids is 3. The Morgan fingerprint density at radius 3 is 2.50 bits per heavy atom. The van der Waals surface area contributed by atoms with Gasteiger partial charge in [0, 0.05) is 12.8 Å². The summed E-state index contributed by atoms with van der Waals surface area (Å²) in [6.07, 6.45) is 0.194. The van der Waals surface area contributed by atoms with Gasteiger partial charge >= 0.3 is 11.9 Å². The molecule has 0 unspecified atom stereocenters. The van der Waals surface area contributed by atoms with Crippen LogP contribution in [0.2, 0.25) is 0 Å². The van der Waals surface area contributed by atoms with Gasteiger partial charge in [0.25, 0.3) is 0 Å². The molecular weight excluding hydrogens is 462 g/mol. The first kappa shape index (κ1) is 24.9. The van der Waals surface area contributed by atoms with Gasteiger partial charge in [-0.25, -0.2) is 9.59 Å². The summed E-state index contributed by atoms with van der Waals surface area (Å²) in [6.45, 7) is 5.32. The van der Waals surface area contributed by atoms with Gasteiger partial charge in [0.1, 0.15) is 15.6 Å². The third kappa shape index (κ3) is 5.60. The molecule has 0 aliphatic rings. The summed E-state index contributed by atoms with van der Waals surface area (Å²) in [6, 6.07) is 7.25. The molecule has 1 N–H and O–H groups in total. The van der Waals surface area contributed by atoms with Crippen LogP contribution in [0, 0.1) is 6.92 Å². The van der Waals surface area contributed by atoms with Crippen LogP contribution in [0.5, 0.6) is 5.75 Å². The largest absolute Gasteiger partial charge is 0.496 e. The number of ether oxygens (including phenoxy) is 3. The van der Waals surface area contributed by atoms with E-state index in [1.165, 1.54) is 0 Å². The zero-order valence-electron chi connectivity index (χ0n) is 19.3. The summed E-state index contributed by atoms with van der Waals surface area (Å²) < 4.78 is 20.7. The molecule has 11 heteroatoms. The molecule has 0 spiro atoms. The molecule has 180 valence electrons. The van der Waals surface area contributed by atoms with Gasteiger partial charge in [-0.3, -0.25) is 4.79 Å². The molecule has 1 aromatic carbocycles. The number of nitrogens with one attached hydrogen (secondary N) is 1. The Morgan fingerprint density at radius 1 is 1.09 bits per heavy atom. The highest BCUT2D eigenvalue weighted by Gasteiger charge is 2.27. The smallest absolute Gasteiger partial charge is 0.348 e. The number of amides is 1. The summed E-state index contributed by atoms with van der Waals surface area (Å²) in [5.41, 5.74) is 1.21. The SMILES string of the molecule is CCOC(=O)c1sc(NC(=O)CCc2nc(-c3ccccc3OC)no2)c(C(=O)OCC)c1C. The fraction of sp³-hybridized carbons (Fsp3) is 0.348. The Labute approximate surface area is 200 Å². The second kappa shape index (κ2) is 11.4. The van der Waals surface area contributed by atoms with E-state index in [2.05, 4.69) is 15.5 Å². The number of para-hydroxylation sites is 1. The maximum atomic E-state index is 12.6. The van der Waals surface area contributed by atoms with Crippen molar-refractivity contribution >= 4 is 34.2 Å². The summed E-state index contributed by atoms with van der Waals surface area (Å²) in [5, 5.41) is 6.88. The number of hydrogen-bond acceptors (Lipinski definition) is 10. The Morgan fingerprint density at radius 2 is 1.79 bits per heavy atom. The summed E-state index contributed by atoms with van der Waals surface area (Å²) >= 11 is 0.971. The van der Waals surface area contributed by atoms with Gasteiger partial charge in [0.05, 0.1) is 31.5 Å². The lowest BCUT2D eigenvalue weighted by atomic mass is 10.1. The first-order valence-corrected chi connectivity index (χ1v) is 11.4. The predicted octanol–water partition coefficient (Wildman–Crippen LogP) is 4.04. The third-order valence-electron chi connectivity index (χ3n) is 4.72. The number of esters is 2. The van der Waals surface area contributed by atoms with Crippen LogP contribution in [0.3, 0.4) is 0 Å². The molecule has 1 amide bonds. The van der Waals surface area contributed by atoms with Crippen LogP contribution in [-0.4, -0.2) is 48.3 Å². The summed E-state index contributed by atoms with van der Waals surface area (Å²) in [7, 11) is 1.55. The van der Waals surface area contributed by atoms with Gasteiger partial charge in [0.15, 0.2) is 0 Å². The topological polar surface area (TPSA) is 130 Å². The minimum atomic E-state index is -0.625. The van der Waals surface area contributed by atoms with Gasteiger partial charge in [0.2, 0.25) is 17.6 Å². The summed E-state index contributed by atoms with van der Waals surface area (Å²) in [4.78, 5) is 41.9. The van der Waals surface area contributed by atoms with Crippen molar-refractivity contribution in [1.82, 2.24) is 10.1 Å².